The van der Waals surface area contributed by atoms with Gasteiger partial charge in [-0.05, 0) is 30.0 Å². The molecule has 3 aromatic rings. The van der Waals surface area contributed by atoms with Crippen LogP contribution in [-0.4, -0.2) is 41.2 Å². The van der Waals surface area contributed by atoms with Crippen LogP contribution in [0.1, 0.15) is 13.8 Å². The van der Waals surface area contributed by atoms with Crippen LogP contribution in [0.4, 0.5) is 4.79 Å². The summed E-state index contributed by atoms with van der Waals surface area (Å²) in [5.41, 5.74) is 0.204. The SMILES string of the molecule is CCN(CC)C(=O)Oc1c(B(O)O)c2ccccc2c2ccccc12. The topological polar surface area (TPSA) is 70.0 Å². The summed E-state index contributed by atoms with van der Waals surface area (Å²) in [4.78, 5) is 14.0. The standard InChI is InChI=1S/C19H20BNO4/c1-3-21(4-2)19(22)25-18-16-12-8-6-10-14(16)13-9-5-7-11-15(13)17(18)20(23)24/h5-12,23-24H,3-4H2,1-2H3. The first-order valence-corrected chi connectivity index (χ1v) is 8.34. The molecule has 0 aliphatic rings. The molecule has 0 saturated heterocycles. The summed E-state index contributed by atoms with van der Waals surface area (Å²) >= 11 is 0. The first-order valence-electron chi connectivity index (χ1n) is 8.34. The van der Waals surface area contributed by atoms with E-state index in [4.69, 9.17) is 4.74 Å². The van der Waals surface area contributed by atoms with E-state index in [0.29, 0.717) is 23.9 Å². The van der Waals surface area contributed by atoms with Crippen molar-refractivity contribution in [1.82, 2.24) is 4.90 Å². The summed E-state index contributed by atoms with van der Waals surface area (Å²) in [6.07, 6.45) is -0.507. The second kappa shape index (κ2) is 7.13. The molecule has 0 spiro atoms. The average Bonchev–Trinajstić information content (AvgIpc) is 2.62. The Morgan fingerprint density at radius 3 is 1.92 bits per heavy atom. The molecule has 0 aliphatic carbocycles. The fraction of sp³-hybridized carbons (Fsp3) is 0.211. The average molecular weight is 337 g/mol. The number of benzene rings is 3. The van der Waals surface area contributed by atoms with Crippen molar-refractivity contribution in [2.24, 2.45) is 0 Å². The highest BCUT2D eigenvalue weighted by atomic mass is 16.6. The van der Waals surface area contributed by atoms with Gasteiger partial charge in [-0.25, -0.2) is 4.79 Å². The lowest BCUT2D eigenvalue weighted by Gasteiger charge is -2.21. The smallest absolute Gasteiger partial charge is 0.423 e. The van der Waals surface area contributed by atoms with Crippen LogP contribution in [0.15, 0.2) is 48.5 Å². The van der Waals surface area contributed by atoms with Crippen molar-refractivity contribution in [3.05, 3.63) is 48.5 Å². The highest BCUT2D eigenvalue weighted by molar-refractivity contribution is 6.64. The van der Waals surface area contributed by atoms with Gasteiger partial charge in [0.25, 0.3) is 0 Å². The first kappa shape index (κ1) is 17.3. The molecule has 0 fully saturated rings. The molecule has 0 bridgehead atoms. The molecule has 0 aromatic heterocycles. The number of ether oxygens (including phenoxy) is 1. The zero-order valence-electron chi connectivity index (χ0n) is 14.3. The van der Waals surface area contributed by atoms with Gasteiger partial charge < -0.3 is 19.7 Å². The van der Waals surface area contributed by atoms with Gasteiger partial charge in [0.2, 0.25) is 0 Å². The van der Waals surface area contributed by atoms with Crippen LogP contribution in [0, 0.1) is 0 Å². The van der Waals surface area contributed by atoms with E-state index in [1.54, 1.807) is 6.07 Å². The van der Waals surface area contributed by atoms with Crippen LogP contribution in [0.25, 0.3) is 21.5 Å². The van der Waals surface area contributed by atoms with Crippen LogP contribution in [0.5, 0.6) is 5.75 Å². The summed E-state index contributed by atoms with van der Waals surface area (Å²) in [5, 5.41) is 23.1. The monoisotopic (exact) mass is 337 g/mol. The number of carbonyl (C=O) groups excluding carboxylic acids is 1. The van der Waals surface area contributed by atoms with Gasteiger partial charge in [-0.15, -0.1) is 0 Å². The maximum Gasteiger partial charge on any atom is 0.492 e. The molecule has 3 rings (SSSR count). The molecule has 1 amide bonds. The van der Waals surface area contributed by atoms with Crippen molar-refractivity contribution < 1.29 is 19.6 Å². The third-order valence-corrected chi connectivity index (χ3v) is 4.39. The van der Waals surface area contributed by atoms with Gasteiger partial charge in [0.15, 0.2) is 0 Å². The van der Waals surface area contributed by atoms with Gasteiger partial charge in [-0.2, -0.15) is 0 Å². The van der Waals surface area contributed by atoms with Crippen molar-refractivity contribution in [3.8, 4) is 5.75 Å². The minimum absolute atomic E-state index is 0.196. The van der Waals surface area contributed by atoms with Crippen LogP contribution in [0.3, 0.4) is 0 Å². The van der Waals surface area contributed by atoms with Crippen molar-refractivity contribution in [1.29, 1.82) is 0 Å². The fourth-order valence-corrected chi connectivity index (χ4v) is 3.14. The highest BCUT2D eigenvalue weighted by Crippen LogP contribution is 2.32. The van der Waals surface area contributed by atoms with E-state index in [2.05, 4.69) is 0 Å². The molecule has 0 unspecified atom stereocenters. The molecule has 0 aliphatic heterocycles. The zero-order chi connectivity index (χ0) is 18.0. The van der Waals surface area contributed by atoms with Crippen molar-refractivity contribution in [3.63, 3.8) is 0 Å². The van der Waals surface area contributed by atoms with Gasteiger partial charge in [0.1, 0.15) is 5.75 Å². The lowest BCUT2D eigenvalue weighted by Crippen LogP contribution is -2.37. The van der Waals surface area contributed by atoms with E-state index in [9.17, 15) is 14.8 Å². The van der Waals surface area contributed by atoms with E-state index in [0.717, 1.165) is 10.8 Å². The van der Waals surface area contributed by atoms with Gasteiger partial charge in [0, 0.05) is 23.9 Å². The minimum atomic E-state index is -1.76. The van der Waals surface area contributed by atoms with Crippen LogP contribution >= 0.6 is 0 Å². The Hall–Kier alpha value is -2.57. The molecule has 0 saturated carbocycles. The lowest BCUT2D eigenvalue weighted by molar-refractivity contribution is 0.158. The molecule has 6 heteroatoms. The Bertz CT molecular complexity index is 922. The van der Waals surface area contributed by atoms with E-state index in [1.165, 1.54) is 4.90 Å². The molecule has 0 radical (unpaired) electrons. The van der Waals surface area contributed by atoms with Crippen LogP contribution < -0.4 is 10.2 Å². The molecule has 25 heavy (non-hydrogen) atoms. The van der Waals surface area contributed by atoms with E-state index >= 15 is 0 Å². The van der Waals surface area contributed by atoms with Crippen molar-refractivity contribution in [2.45, 2.75) is 13.8 Å². The summed E-state index contributed by atoms with van der Waals surface area (Å²) < 4.78 is 5.64. The second-order valence-corrected chi connectivity index (χ2v) is 5.75. The number of amides is 1. The van der Waals surface area contributed by atoms with Crippen molar-refractivity contribution >= 4 is 40.2 Å². The van der Waals surface area contributed by atoms with E-state index in [1.807, 2.05) is 56.3 Å². The largest absolute Gasteiger partial charge is 0.492 e. The molecule has 3 aromatic carbocycles. The maximum absolute atomic E-state index is 12.5. The summed E-state index contributed by atoms with van der Waals surface area (Å²) in [6.45, 7) is 4.76. The Morgan fingerprint density at radius 1 is 0.920 bits per heavy atom. The molecule has 2 N–H and O–H groups in total. The fourth-order valence-electron chi connectivity index (χ4n) is 3.14. The Morgan fingerprint density at radius 2 is 1.40 bits per heavy atom. The molecular formula is C19H20BNO4. The van der Waals surface area contributed by atoms with E-state index < -0.39 is 13.2 Å². The number of fused-ring (bicyclic) bond motifs is 3. The number of hydrogen-bond acceptors (Lipinski definition) is 4. The van der Waals surface area contributed by atoms with Crippen LogP contribution in [-0.2, 0) is 0 Å². The number of hydrogen-bond donors (Lipinski definition) is 2. The second-order valence-electron chi connectivity index (χ2n) is 5.75. The van der Waals surface area contributed by atoms with Crippen LogP contribution in [0.2, 0.25) is 0 Å². The summed E-state index contributed by atoms with van der Waals surface area (Å²) in [5.74, 6) is 0.196. The van der Waals surface area contributed by atoms with Crippen molar-refractivity contribution in [2.75, 3.05) is 13.1 Å². The van der Waals surface area contributed by atoms with Gasteiger partial charge in [-0.3, -0.25) is 0 Å². The number of rotatable bonds is 4. The Balaban J connectivity index is 2.31. The van der Waals surface area contributed by atoms with E-state index in [-0.39, 0.29) is 11.2 Å². The summed E-state index contributed by atoms with van der Waals surface area (Å²) in [7, 11) is -1.76. The maximum atomic E-state index is 12.5. The third-order valence-electron chi connectivity index (χ3n) is 4.39. The number of nitrogens with zero attached hydrogens (tertiary/aromatic N) is 1. The Kier molecular flexibility index (Phi) is 4.92. The Labute approximate surface area is 146 Å². The van der Waals surface area contributed by atoms with Gasteiger partial charge >= 0.3 is 13.2 Å². The highest BCUT2D eigenvalue weighted by Gasteiger charge is 2.26. The quantitative estimate of drug-likeness (QED) is 0.567. The van der Waals surface area contributed by atoms with Gasteiger partial charge in [-0.1, -0.05) is 48.5 Å². The predicted octanol–water partition coefficient (Wildman–Crippen LogP) is 2.51. The molecular weight excluding hydrogens is 317 g/mol. The molecule has 0 heterocycles. The lowest BCUT2D eigenvalue weighted by atomic mass is 9.75. The predicted molar refractivity (Wildman–Crippen MR) is 100 cm³/mol. The third kappa shape index (κ3) is 3.06. The summed E-state index contributed by atoms with van der Waals surface area (Å²) in [6, 6.07) is 14.9. The normalized spacial score (nSPS) is 10.9. The molecule has 128 valence electrons. The first-order chi connectivity index (χ1) is 12.1. The zero-order valence-corrected chi connectivity index (χ0v) is 14.3. The molecule has 5 nitrogen and oxygen atoms in total. The molecule has 0 atom stereocenters. The minimum Gasteiger partial charge on any atom is -0.423 e. The van der Waals surface area contributed by atoms with Gasteiger partial charge in [0.05, 0.1) is 0 Å². The number of carbonyl (C=O) groups is 1.